The summed E-state index contributed by atoms with van der Waals surface area (Å²) in [5.41, 5.74) is 1.24. The smallest absolute Gasteiger partial charge is 0.268 e. The molecule has 1 heterocycles. The van der Waals surface area contributed by atoms with Gasteiger partial charge in [-0.05, 0) is 42.7 Å². The van der Waals surface area contributed by atoms with E-state index in [9.17, 15) is 13.2 Å². The highest BCUT2D eigenvalue weighted by Gasteiger charge is 2.23. The summed E-state index contributed by atoms with van der Waals surface area (Å²) in [6.45, 7) is 5.54. The van der Waals surface area contributed by atoms with Gasteiger partial charge in [-0.15, -0.1) is 0 Å². The highest BCUT2D eigenvalue weighted by atomic mass is 32.2. The zero-order valence-electron chi connectivity index (χ0n) is 17.7. The van der Waals surface area contributed by atoms with Gasteiger partial charge in [-0.25, -0.2) is 12.4 Å². The number of amides is 1. The maximum absolute atomic E-state index is 13.2. The quantitative estimate of drug-likeness (QED) is 0.515. The highest BCUT2D eigenvalue weighted by Crippen LogP contribution is 2.32. The van der Waals surface area contributed by atoms with E-state index in [4.69, 9.17) is 4.74 Å². The summed E-state index contributed by atoms with van der Waals surface area (Å²) in [5, 5.41) is 0.704. The molecule has 1 amide bonds. The number of aromatic nitrogens is 1. The van der Waals surface area contributed by atoms with Crippen molar-refractivity contribution in [3.05, 3.63) is 60.3 Å². The standard InChI is InChI=1S/C23H28N2O4S/c1-4-14-24(15-5-2)22(26)17-18-11-12-21(29-3)23-20(18)13-16-25(23)30(27,28)19-9-7-6-8-10-19/h6-13,16H,4-5,14-15,17H2,1-3H3. The molecule has 0 saturated carbocycles. The van der Waals surface area contributed by atoms with Crippen LogP contribution in [-0.2, 0) is 21.2 Å². The average molecular weight is 429 g/mol. The van der Waals surface area contributed by atoms with Gasteiger partial charge in [-0.2, -0.15) is 0 Å². The van der Waals surface area contributed by atoms with E-state index in [1.807, 2.05) is 11.0 Å². The van der Waals surface area contributed by atoms with E-state index in [-0.39, 0.29) is 17.2 Å². The van der Waals surface area contributed by atoms with Crippen molar-refractivity contribution in [2.24, 2.45) is 0 Å². The molecule has 0 aliphatic heterocycles. The van der Waals surface area contributed by atoms with Crippen LogP contribution >= 0.6 is 0 Å². The predicted octanol–water partition coefficient (Wildman–Crippen LogP) is 4.08. The van der Waals surface area contributed by atoms with Crippen molar-refractivity contribution < 1.29 is 17.9 Å². The fourth-order valence-electron chi connectivity index (χ4n) is 3.66. The van der Waals surface area contributed by atoms with E-state index >= 15 is 0 Å². The number of hydrogen-bond donors (Lipinski definition) is 0. The second-order valence-corrected chi connectivity index (χ2v) is 8.99. The van der Waals surface area contributed by atoms with E-state index in [1.165, 1.54) is 17.3 Å². The maximum atomic E-state index is 13.2. The first-order valence-electron chi connectivity index (χ1n) is 10.2. The van der Waals surface area contributed by atoms with Gasteiger partial charge in [0.25, 0.3) is 10.0 Å². The van der Waals surface area contributed by atoms with Crippen LogP contribution in [0, 0.1) is 0 Å². The van der Waals surface area contributed by atoms with Gasteiger partial charge in [-0.1, -0.05) is 38.1 Å². The number of rotatable bonds is 9. The SMILES string of the molecule is CCCN(CCC)C(=O)Cc1ccc(OC)c2c1ccn2S(=O)(=O)c1ccccc1. The first-order chi connectivity index (χ1) is 14.4. The molecule has 0 spiro atoms. The number of fused-ring (bicyclic) bond motifs is 1. The molecule has 0 bridgehead atoms. The van der Waals surface area contributed by atoms with Gasteiger partial charge in [0.1, 0.15) is 11.3 Å². The lowest BCUT2D eigenvalue weighted by Gasteiger charge is -2.22. The van der Waals surface area contributed by atoms with Crippen molar-refractivity contribution in [3.8, 4) is 5.75 Å². The monoisotopic (exact) mass is 428 g/mol. The number of carbonyl (C=O) groups excluding carboxylic acids is 1. The molecule has 0 radical (unpaired) electrons. The maximum Gasteiger partial charge on any atom is 0.268 e. The third kappa shape index (κ3) is 4.21. The molecule has 0 fully saturated rings. The Kier molecular flexibility index (Phi) is 6.82. The van der Waals surface area contributed by atoms with Crippen LogP contribution in [0.1, 0.15) is 32.3 Å². The molecule has 0 aliphatic carbocycles. The second-order valence-electron chi connectivity index (χ2n) is 7.18. The summed E-state index contributed by atoms with van der Waals surface area (Å²) in [5.74, 6) is 0.494. The molecule has 2 aromatic carbocycles. The minimum atomic E-state index is -3.79. The Balaban J connectivity index is 2.07. The third-order valence-corrected chi connectivity index (χ3v) is 6.76. The number of hydrogen-bond acceptors (Lipinski definition) is 4. The number of ether oxygens (including phenoxy) is 1. The van der Waals surface area contributed by atoms with Gasteiger partial charge < -0.3 is 9.64 Å². The Bertz CT molecular complexity index is 1110. The Morgan fingerprint density at radius 1 is 1.00 bits per heavy atom. The molecule has 0 N–H and O–H groups in total. The fraction of sp³-hybridized carbons (Fsp3) is 0.348. The predicted molar refractivity (Wildman–Crippen MR) is 118 cm³/mol. The molecular formula is C23H28N2O4S. The number of benzene rings is 2. The lowest BCUT2D eigenvalue weighted by molar-refractivity contribution is -0.130. The Morgan fingerprint density at radius 2 is 1.67 bits per heavy atom. The van der Waals surface area contributed by atoms with Gasteiger partial charge in [0, 0.05) is 24.7 Å². The minimum absolute atomic E-state index is 0.0452. The molecule has 7 heteroatoms. The van der Waals surface area contributed by atoms with E-state index in [0.717, 1.165) is 31.5 Å². The minimum Gasteiger partial charge on any atom is -0.495 e. The molecule has 3 aromatic rings. The molecule has 160 valence electrons. The van der Waals surface area contributed by atoms with Crippen molar-refractivity contribution in [2.45, 2.75) is 38.0 Å². The van der Waals surface area contributed by atoms with Crippen LogP contribution in [0.2, 0.25) is 0 Å². The average Bonchev–Trinajstić information content (AvgIpc) is 3.21. The summed E-state index contributed by atoms with van der Waals surface area (Å²) < 4.78 is 33.1. The van der Waals surface area contributed by atoms with Crippen molar-refractivity contribution in [1.82, 2.24) is 8.87 Å². The summed E-state index contributed by atoms with van der Waals surface area (Å²) >= 11 is 0. The lowest BCUT2D eigenvalue weighted by atomic mass is 10.1. The van der Waals surface area contributed by atoms with Gasteiger partial charge in [0.15, 0.2) is 0 Å². The number of nitrogens with zero attached hydrogens (tertiary/aromatic N) is 2. The van der Waals surface area contributed by atoms with Crippen molar-refractivity contribution >= 4 is 26.8 Å². The molecule has 3 rings (SSSR count). The second kappa shape index (κ2) is 9.34. The first-order valence-corrected chi connectivity index (χ1v) is 11.6. The van der Waals surface area contributed by atoms with Crippen molar-refractivity contribution in [1.29, 1.82) is 0 Å². The van der Waals surface area contributed by atoms with Crippen molar-refractivity contribution in [2.75, 3.05) is 20.2 Å². The molecule has 30 heavy (non-hydrogen) atoms. The zero-order valence-corrected chi connectivity index (χ0v) is 18.5. The largest absolute Gasteiger partial charge is 0.495 e. The summed E-state index contributed by atoms with van der Waals surface area (Å²) in [7, 11) is -2.28. The molecular weight excluding hydrogens is 400 g/mol. The van der Waals surface area contributed by atoms with Crippen LogP contribution in [0.3, 0.4) is 0 Å². The van der Waals surface area contributed by atoms with E-state index in [0.29, 0.717) is 16.7 Å². The van der Waals surface area contributed by atoms with Gasteiger partial charge in [-0.3, -0.25) is 4.79 Å². The van der Waals surface area contributed by atoms with Gasteiger partial charge >= 0.3 is 0 Å². The molecule has 6 nitrogen and oxygen atoms in total. The van der Waals surface area contributed by atoms with Gasteiger partial charge in [0.05, 0.1) is 18.4 Å². The molecule has 0 unspecified atom stereocenters. The number of methoxy groups -OCH3 is 1. The van der Waals surface area contributed by atoms with E-state index < -0.39 is 10.0 Å². The third-order valence-electron chi connectivity index (χ3n) is 5.07. The first kappa shape index (κ1) is 21.9. The zero-order chi connectivity index (χ0) is 21.7. The van der Waals surface area contributed by atoms with Gasteiger partial charge in [0.2, 0.25) is 5.91 Å². The van der Waals surface area contributed by atoms with E-state index in [1.54, 1.807) is 42.5 Å². The van der Waals surface area contributed by atoms with Crippen LogP contribution in [-0.4, -0.2) is 43.4 Å². The van der Waals surface area contributed by atoms with Crippen LogP contribution in [0.5, 0.6) is 5.75 Å². The van der Waals surface area contributed by atoms with Crippen LogP contribution in [0.25, 0.3) is 10.9 Å². The highest BCUT2D eigenvalue weighted by molar-refractivity contribution is 7.90. The normalized spacial score (nSPS) is 11.6. The molecule has 1 aromatic heterocycles. The summed E-state index contributed by atoms with van der Waals surface area (Å²) in [6.07, 6.45) is 3.54. The van der Waals surface area contributed by atoms with Crippen LogP contribution in [0.4, 0.5) is 0 Å². The van der Waals surface area contributed by atoms with Crippen LogP contribution < -0.4 is 4.74 Å². The lowest BCUT2D eigenvalue weighted by Crippen LogP contribution is -2.33. The molecule has 0 saturated heterocycles. The van der Waals surface area contributed by atoms with Crippen LogP contribution in [0.15, 0.2) is 59.6 Å². The van der Waals surface area contributed by atoms with E-state index in [2.05, 4.69) is 13.8 Å². The number of carbonyl (C=O) groups is 1. The Hall–Kier alpha value is -2.80. The summed E-state index contributed by atoms with van der Waals surface area (Å²) in [6, 6.07) is 13.6. The van der Waals surface area contributed by atoms with Crippen molar-refractivity contribution in [3.63, 3.8) is 0 Å². The fourth-order valence-corrected chi connectivity index (χ4v) is 5.04. The molecule has 0 atom stereocenters. The Labute approximate surface area is 178 Å². The molecule has 0 aliphatic rings. The topological polar surface area (TPSA) is 68.6 Å². The summed E-state index contributed by atoms with van der Waals surface area (Å²) in [4.78, 5) is 15.0. The Morgan fingerprint density at radius 3 is 2.27 bits per heavy atom.